The predicted octanol–water partition coefficient (Wildman–Crippen LogP) is 5.80. The van der Waals surface area contributed by atoms with Crippen LogP contribution in [-0.4, -0.2) is 52.3 Å². The van der Waals surface area contributed by atoms with Crippen molar-refractivity contribution in [2.24, 2.45) is 5.92 Å². The third kappa shape index (κ3) is 4.55. The van der Waals surface area contributed by atoms with Gasteiger partial charge in [-0.25, -0.2) is 15.0 Å². The van der Waals surface area contributed by atoms with Crippen LogP contribution in [0.5, 0.6) is 5.75 Å². The van der Waals surface area contributed by atoms with Crippen LogP contribution in [0, 0.1) is 17.2 Å². The molecular formula is C32H31N7O2. The Kier molecular flexibility index (Phi) is 6.31. The standard InChI is InChI=1S/C32H31N7O2/c1-3-40-24-11-9-23(10-12-24)39-19-26(22-7-5-4-6-8-22)28-29(34-20-35-30(28)39)37-13-15-38(16-14-37)32-27(18-33)36-31(41-32)25-17-21(25)2/h4-12,19-21,25H,3,13-17H2,1-2H3. The summed E-state index contributed by atoms with van der Waals surface area (Å²) in [6, 6.07) is 20.7. The molecule has 5 aromatic rings. The van der Waals surface area contributed by atoms with Crippen molar-refractivity contribution in [1.82, 2.24) is 19.5 Å². The Morgan fingerprint density at radius 3 is 2.41 bits per heavy atom. The van der Waals surface area contributed by atoms with Crippen LogP contribution in [0.4, 0.5) is 11.7 Å². The molecule has 2 aliphatic rings. The second-order valence-corrected chi connectivity index (χ2v) is 10.7. The number of nitriles is 1. The molecule has 0 bridgehead atoms. The van der Waals surface area contributed by atoms with Crippen molar-refractivity contribution < 1.29 is 9.15 Å². The lowest BCUT2D eigenvalue weighted by atomic mass is 10.1. The second kappa shape index (κ2) is 10.3. The zero-order valence-electron chi connectivity index (χ0n) is 23.2. The number of hydrogen-bond acceptors (Lipinski definition) is 8. The molecule has 1 saturated carbocycles. The average Bonchev–Trinajstić information content (AvgIpc) is 3.41. The molecule has 1 aliphatic heterocycles. The molecule has 0 amide bonds. The van der Waals surface area contributed by atoms with Crippen LogP contribution >= 0.6 is 0 Å². The number of hydrogen-bond donors (Lipinski definition) is 0. The van der Waals surface area contributed by atoms with Crippen molar-refractivity contribution in [3.05, 3.63) is 78.7 Å². The summed E-state index contributed by atoms with van der Waals surface area (Å²) in [6.45, 7) is 7.67. The molecule has 7 rings (SSSR count). The average molecular weight is 546 g/mol. The van der Waals surface area contributed by atoms with Crippen molar-refractivity contribution in [2.45, 2.75) is 26.2 Å². The van der Waals surface area contributed by atoms with Gasteiger partial charge in [0.15, 0.2) is 5.65 Å². The highest BCUT2D eigenvalue weighted by Crippen LogP contribution is 2.47. The highest BCUT2D eigenvalue weighted by atomic mass is 16.5. The van der Waals surface area contributed by atoms with Crippen LogP contribution in [0.15, 0.2) is 71.5 Å². The predicted molar refractivity (Wildman–Crippen MR) is 158 cm³/mol. The number of piperazine rings is 1. The largest absolute Gasteiger partial charge is 0.494 e. The summed E-state index contributed by atoms with van der Waals surface area (Å²) in [4.78, 5) is 18.5. The fourth-order valence-electron chi connectivity index (χ4n) is 5.75. The third-order valence-corrected chi connectivity index (χ3v) is 8.10. The number of oxazole rings is 1. The minimum atomic E-state index is 0.335. The van der Waals surface area contributed by atoms with Gasteiger partial charge in [-0.05, 0) is 49.1 Å². The maximum Gasteiger partial charge on any atom is 0.234 e. The third-order valence-electron chi connectivity index (χ3n) is 8.10. The topological polar surface area (TPSA) is 96.2 Å². The molecular weight excluding hydrogens is 514 g/mol. The Morgan fingerprint density at radius 1 is 1.00 bits per heavy atom. The Balaban J connectivity index is 1.23. The van der Waals surface area contributed by atoms with Crippen molar-refractivity contribution in [3.63, 3.8) is 0 Å². The SMILES string of the molecule is CCOc1ccc(-n2cc(-c3ccccc3)c3c(N4CCN(c5oc(C6CC6C)nc5C#N)CC4)ncnc32)cc1. The fraction of sp³-hybridized carbons (Fsp3) is 0.312. The van der Waals surface area contributed by atoms with Crippen LogP contribution in [0.1, 0.15) is 37.8 Å². The smallest absolute Gasteiger partial charge is 0.234 e. The Hall–Kier alpha value is -4.84. The molecule has 206 valence electrons. The molecule has 3 aromatic heterocycles. The van der Waals surface area contributed by atoms with Crippen LogP contribution in [0.25, 0.3) is 27.8 Å². The normalized spacial score (nSPS) is 18.5. The highest BCUT2D eigenvalue weighted by Gasteiger charge is 2.40. The number of benzene rings is 2. The first-order valence-electron chi connectivity index (χ1n) is 14.2. The zero-order valence-corrected chi connectivity index (χ0v) is 23.2. The molecule has 9 nitrogen and oxygen atoms in total. The number of nitrogens with zero attached hydrogens (tertiary/aromatic N) is 7. The minimum absolute atomic E-state index is 0.335. The van der Waals surface area contributed by atoms with Gasteiger partial charge < -0.3 is 23.5 Å². The van der Waals surface area contributed by atoms with Gasteiger partial charge in [-0.15, -0.1) is 0 Å². The van der Waals surface area contributed by atoms with E-state index in [0.717, 1.165) is 58.9 Å². The van der Waals surface area contributed by atoms with E-state index >= 15 is 0 Å². The van der Waals surface area contributed by atoms with E-state index in [-0.39, 0.29) is 0 Å². The second-order valence-electron chi connectivity index (χ2n) is 10.7. The van der Waals surface area contributed by atoms with Crippen LogP contribution in [0.2, 0.25) is 0 Å². The van der Waals surface area contributed by atoms with E-state index in [9.17, 15) is 5.26 Å². The van der Waals surface area contributed by atoms with Crippen LogP contribution < -0.4 is 14.5 Å². The summed E-state index contributed by atoms with van der Waals surface area (Å²) >= 11 is 0. The summed E-state index contributed by atoms with van der Waals surface area (Å²) in [6.07, 6.45) is 4.87. The first kappa shape index (κ1) is 25.1. The lowest BCUT2D eigenvalue weighted by molar-refractivity contribution is 0.340. The molecule has 2 fully saturated rings. The van der Waals surface area contributed by atoms with E-state index in [1.54, 1.807) is 6.33 Å². The van der Waals surface area contributed by atoms with E-state index < -0.39 is 0 Å². The Morgan fingerprint density at radius 2 is 1.73 bits per heavy atom. The number of ether oxygens (including phenoxy) is 1. The summed E-state index contributed by atoms with van der Waals surface area (Å²) in [5, 5.41) is 10.7. The monoisotopic (exact) mass is 545 g/mol. The summed E-state index contributed by atoms with van der Waals surface area (Å²) in [7, 11) is 0. The van der Waals surface area contributed by atoms with Gasteiger partial charge in [0.05, 0.1) is 12.0 Å². The maximum absolute atomic E-state index is 9.72. The van der Waals surface area contributed by atoms with E-state index in [1.807, 2.05) is 25.1 Å². The maximum atomic E-state index is 9.72. The molecule has 9 heteroatoms. The van der Waals surface area contributed by atoms with Gasteiger partial charge in [0.1, 0.15) is 24.0 Å². The lowest BCUT2D eigenvalue weighted by Crippen LogP contribution is -2.47. The highest BCUT2D eigenvalue weighted by molar-refractivity contribution is 6.02. The van der Waals surface area contributed by atoms with E-state index in [4.69, 9.17) is 19.1 Å². The van der Waals surface area contributed by atoms with Crippen molar-refractivity contribution in [2.75, 3.05) is 42.6 Å². The quantitative estimate of drug-likeness (QED) is 0.253. The lowest BCUT2D eigenvalue weighted by Gasteiger charge is -2.35. The molecule has 0 N–H and O–H groups in total. The first-order valence-corrected chi connectivity index (χ1v) is 14.2. The number of fused-ring (bicyclic) bond motifs is 1. The van der Waals surface area contributed by atoms with Gasteiger partial charge in [0.25, 0.3) is 0 Å². The fourth-order valence-corrected chi connectivity index (χ4v) is 5.75. The van der Waals surface area contributed by atoms with Gasteiger partial charge in [-0.1, -0.05) is 37.3 Å². The van der Waals surface area contributed by atoms with E-state index in [2.05, 4.69) is 74.9 Å². The number of anilines is 2. The van der Waals surface area contributed by atoms with Gasteiger partial charge >= 0.3 is 0 Å². The van der Waals surface area contributed by atoms with Gasteiger partial charge in [-0.3, -0.25) is 0 Å². The molecule has 41 heavy (non-hydrogen) atoms. The summed E-state index contributed by atoms with van der Waals surface area (Å²) in [5.74, 6) is 3.95. The van der Waals surface area contributed by atoms with E-state index in [0.29, 0.717) is 49.0 Å². The van der Waals surface area contributed by atoms with E-state index in [1.165, 1.54) is 0 Å². The Bertz CT molecular complexity index is 1730. The van der Waals surface area contributed by atoms with Crippen LogP contribution in [0.3, 0.4) is 0 Å². The van der Waals surface area contributed by atoms with Gasteiger partial charge in [-0.2, -0.15) is 5.26 Å². The van der Waals surface area contributed by atoms with Crippen molar-refractivity contribution >= 4 is 22.7 Å². The summed E-state index contributed by atoms with van der Waals surface area (Å²) < 4.78 is 13.9. The zero-order chi connectivity index (χ0) is 27.9. The Labute approximate surface area is 238 Å². The molecule has 0 radical (unpaired) electrons. The molecule has 2 unspecified atom stereocenters. The first-order chi connectivity index (χ1) is 20.1. The molecule has 2 atom stereocenters. The van der Waals surface area contributed by atoms with Crippen molar-refractivity contribution in [3.8, 4) is 28.6 Å². The number of aromatic nitrogens is 4. The summed E-state index contributed by atoms with van der Waals surface area (Å²) in [5.41, 5.74) is 4.43. The van der Waals surface area contributed by atoms with Gasteiger partial charge in [0.2, 0.25) is 17.5 Å². The number of rotatable bonds is 7. The minimum Gasteiger partial charge on any atom is -0.494 e. The van der Waals surface area contributed by atoms with Crippen molar-refractivity contribution in [1.29, 1.82) is 5.26 Å². The van der Waals surface area contributed by atoms with Gasteiger partial charge in [0, 0.05) is 49.5 Å². The molecule has 0 spiro atoms. The molecule has 1 aliphatic carbocycles. The molecule has 4 heterocycles. The molecule has 2 aromatic carbocycles. The van der Waals surface area contributed by atoms with Crippen LogP contribution in [-0.2, 0) is 0 Å². The molecule has 1 saturated heterocycles.